The molecule has 4 nitrogen and oxygen atoms in total. The largest absolute Gasteiger partial charge is 0.368 e. The van der Waals surface area contributed by atoms with E-state index in [2.05, 4.69) is 31.0 Å². The molecule has 19 heavy (non-hydrogen) atoms. The predicted molar refractivity (Wildman–Crippen MR) is 77.2 cm³/mol. The van der Waals surface area contributed by atoms with Crippen molar-refractivity contribution in [1.29, 1.82) is 0 Å². The maximum atomic E-state index is 11.6. The summed E-state index contributed by atoms with van der Waals surface area (Å²) < 4.78 is 0. The molecule has 0 radical (unpaired) electrons. The summed E-state index contributed by atoms with van der Waals surface area (Å²) in [5.41, 5.74) is 1.63. The Bertz CT molecular complexity index is 567. The number of rotatable bonds is 3. The number of hydrogen-bond donors (Lipinski definition) is 1. The maximum Gasteiger partial charge on any atom is 0.296 e. The average molecular weight is 281 g/mol. The highest BCUT2D eigenvalue weighted by atomic mass is 35.5. The number of amides is 1. The summed E-state index contributed by atoms with van der Waals surface area (Å²) in [7, 11) is 1.95. The lowest BCUT2D eigenvalue weighted by Crippen LogP contribution is -2.40. The van der Waals surface area contributed by atoms with Gasteiger partial charge in [0.15, 0.2) is 0 Å². The molecular formula is C14H17ClN2O2. The highest BCUT2D eigenvalue weighted by molar-refractivity contribution is 6.52. The van der Waals surface area contributed by atoms with E-state index in [1.807, 2.05) is 7.05 Å². The number of nitrogens with zero attached hydrogens (tertiary/aromatic N) is 1. The Morgan fingerprint density at radius 1 is 1.32 bits per heavy atom. The van der Waals surface area contributed by atoms with E-state index < -0.39 is 11.7 Å². The van der Waals surface area contributed by atoms with Crippen molar-refractivity contribution in [3.05, 3.63) is 22.7 Å². The second kappa shape index (κ2) is 4.53. The van der Waals surface area contributed by atoms with Gasteiger partial charge in [-0.2, -0.15) is 0 Å². The van der Waals surface area contributed by atoms with Crippen LogP contribution < -0.4 is 10.2 Å². The van der Waals surface area contributed by atoms with Crippen LogP contribution >= 0.6 is 11.6 Å². The number of nitrogens with one attached hydrogen (secondary N) is 1. The number of fused-ring (bicyclic) bond motifs is 1. The predicted octanol–water partition coefficient (Wildman–Crippen LogP) is 3.10. The lowest BCUT2D eigenvalue weighted by Gasteiger charge is -2.37. The second-order valence-electron chi connectivity index (χ2n) is 5.36. The van der Waals surface area contributed by atoms with Gasteiger partial charge in [-0.1, -0.05) is 18.5 Å². The first-order valence-corrected chi connectivity index (χ1v) is 6.58. The third-order valence-corrected chi connectivity index (χ3v) is 4.22. The molecule has 1 aromatic carbocycles. The Kier molecular flexibility index (Phi) is 3.31. The lowest BCUT2D eigenvalue weighted by molar-refractivity contribution is -0.112. The monoisotopic (exact) mass is 280 g/mol. The summed E-state index contributed by atoms with van der Waals surface area (Å²) in [5.74, 6) is -1.12. The van der Waals surface area contributed by atoms with E-state index in [9.17, 15) is 9.59 Å². The molecule has 0 saturated heterocycles. The summed E-state index contributed by atoms with van der Waals surface area (Å²) in [6.45, 7) is 6.32. The van der Waals surface area contributed by atoms with Crippen LogP contribution in [0.4, 0.5) is 11.4 Å². The molecular weight excluding hydrogens is 264 g/mol. The van der Waals surface area contributed by atoms with Crippen LogP contribution in [0.3, 0.4) is 0 Å². The molecule has 1 amide bonds. The number of ketones is 1. The van der Waals surface area contributed by atoms with Gasteiger partial charge < -0.3 is 10.2 Å². The average Bonchev–Trinajstić information content (AvgIpc) is 2.64. The fourth-order valence-electron chi connectivity index (χ4n) is 1.97. The van der Waals surface area contributed by atoms with Crippen molar-refractivity contribution in [3.63, 3.8) is 0 Å². The molecule has 0 aliphatic carbocycles. The molecule has 0 fully saturated rings. The molecule has 1 aromatic rings. The van der Waals surface area contributed by atoms with Crippen LogP contribution in [-0.4, -0.2) is 24.3 Å². The zero-order valence-corrected chi connectivity index (χ0v) is 12.3. The van der Waals surface area contributed by atoms with Gasteiger partial charge in [-0.25, -0.2) is 0 Å². The quantitative estimate of drug-likeness (QED) is 0.866. The van der Waals surface area contributed by atoms with Crippen LogP contribution in [-0.2, 0) is 4.79 Å². The maximum absolute atomic E-state index is 11.6. The number of Topliss-reactive ketones (excluding diaryl/α,β-unsaturated/α-hetero) is 1. The van der Waals surface area contributed by atoms with Crippen molar-refractivity contribution in [3.8, 4) is 0 Å². The highest BCUT2D eigenvalue weighted by Crippen LogP contribution is 2.37. The summed E-state index contributed by atoms with van der Waals surface area (Å²) in [6, 6.07) is 3.33. The normalized spacial score (nSPS) is 14.4. The van der Waals surface area contributed by atoms with Gasteiger partial charge in [0, 0.05) is 12.6 Å². The minimum Gasteiger partial charge on any atom is -0.368 e. The Labute approximate surface area is 117 Å². The van der Waals surface area contributed by atoms with Crippen molar-refractivity contribution in [1.82, 2.24) is 0 Å². The SMILES string of the molecule is CCC(C)(C)N(C)c1cc2c(cc1Cl)C(=O)C(=O)N2. The summed E-state index contributed by atoms with van der Waals surface area (Å²) in [5, 5.41) is 3.04. The van der Waals surface area contributed by atoms with Crippen molar-refractivity contribution >= 4 is 34.7 Å². The molecule has 0 spiro atoms. The standard InChI is InChI=1S/C14H17ClN2O2/c1-5-14(2,3)17(4)11-7-10-8(6-9(11)15)12(18)13(19)16-10/h6-7H,5H2,1-4H3,(H,16,18,19). The van der Waals surface area contributed by atoms with Crippen LogP contribution in [0.1, 0.15) is 37.6 Å². The molecule has 2 rings (SSSR count). The van der Waals surface area contributed by atoms with E-state index in [4.69, 9.17) is 11.6 Å². The number of anilines is 2. The number of carbonyl (C=O) groups excluding carboxylic acids is 2. The van der Waals surface area contributed by atoms with Crippen LogP contribution in [0.15, 0.2) is 12.1 Å². The van der Waals surface area contributed by atoms with Crippen molar-refractivity contribution in [2.75, 3.05) is 17.3 Å². The fraction of sp³-hybridized carbons (Fsp3) is 0.429. The van der Waals surface area contributed by atoms with Gasteiger partial charge in [0.1, 0.15) is 0 Å². The van der Waals surface area contributed by atoms with Crippen molar-refractivity contribution in [2.45, 2.75) is 32.7 Å². The molecule has 1 N–H and O–H groups in total. The molecule has 1 aliphatic heterocycles. The first-order chi connectivity index (χ1) is 8.77. The molecule has 0 bridgehead atoms. The zero-order chi connectivity index (χ0) is 14.4. The first-order valence-electron chi connectivity index (χ1n) is 6.21. The van der Waals surface area contributed by atoms with E-state index in [-0.39, 0.29) is 5.54 Å². The topological polar surface area (TPSA) is 49.4 Å². The second-order valence-corrected chi connectivity index (χ2v) is 5.76. The molecule has 102 valence electrons. The lowest BCUT2D eigenvalue weighted by atomic mass is 9.98. The molecule has 1 aliphatic rings. The van der Waals surface area contributed by atoms with Gasteiger partial charge in [-0.15, -0.1) is 0 Å². The van der Waals surface area contributed by atoms with Crippen molar-refractivity contribution < 1.29 is 9.59 Å². The van der Waals surface area contributed by atoms with Gasteiger partial charge in [0.25, 0.3) is 11.7 Å². The van der Waals surface area contributed by atoms with E-state index in [0.29, 0.717) is 16.3 Å². The fourth-order valence-corrected chi connectivity index (χ4v) is 2.27. The summed E-state index contributed by atoms with van der Waals surface area (Å²) in [4.78, 5) is 25.0. The number of benzene rings is 1. The Morgan fingerprint density at radius 2 is 1.95 bits per heavy atom. The molecule has 5 heteroatoms. The number of halogens is 1. The summed E-state index contributed by atoms with van der Waals surface area (Å²) in [6.07, 6.45) is 0.947. The first kappa shape index (κ1) is 13.9. The Balaban J connectivity index is 2.49. The van der Waals surface area contributed by atoms with Crippen LogP contribution in [0.5, 0.6) is 0 Å². The van der Waals surface area contributed by atoms with Gasteiger partial charge in [-0.05, 0) is 32.4 Å². The Morgan fingerprint density at radius 3 is 2.53 bits per heavy atom. The minimum atomic E-state index is -0.597. The van der Waals surface area contributed by atoms with Gasteiger partial charge >= 0.3 is 0 Å². The van der Waals surface area contributed by atoms with Gasteiger partial charge in [0.2, 0.25) is 0 Å². The van der Waals surface area contributed by atoms with E-state index in [1.54, 1.807) is 12.1 Å². The highest BCUT2D eigenvalue weighted by Gasteiger charge is 2.31. The minimum absolute atomic E-state index is 0.0650. The van der Waals surface area contributed by atoms with E-state index in [1.165, 1.54) is 0 Å². The summed E-state index contributed by atoms with van der Waals surface area (Å²) >= 11 is 6.25. The molecule has 1 heterocycles. The molecule has 0 saturated carbocycles. The van der Waals surface area contributed by atoms with Gasteiger partial charge in [-0.3, -0.25) is 9.59 Å². The van der Waals surface area contributed by atoms with Gasteiger partial charge in [0.05, 0.1) is 22.0 Å². The third kappa shape index (κ3) is 2.21. The van der Waals surface area contributed by atoms with E-state index in [0.717, 1.165) is 12.1 Å². The molecule has 0 aromatic heterocycles. The van der Waals surface area contributed by atoms with Crippen molar-refractivity contribution in [2.24, 2.45) is 0 Å². The smallest absolute Gasteiger partial charge is 0.296 e. The van der Waals surface area contributed by atoms with Crippen LogP contribution in [0.2, 0.25) is 5.02 Å². The third-order valence-electron chi connectivity index (χ3n) is 3.92. The van der Waals surface area contributed by atoms with Crippen LogP contribution in [0, 0.1) is 0 Å². The Hall–Kier alpha value is -1.55. The number of hydrogen-bond acceptors (Lipinski definition) is 3. The molecule has 0 atom stereocenters. The molecule has 0 unspecified atom stereocenters. The van der Waals surface area contributed by atoms with E-state index >= 15 is 0 Å². The van der Waals surface area contributed by atoms with Crippen LogP contribution in [0.25, 0.3) is 0 Å². The number of carbonyl (C=O) groups is 2. The zero-order valence-electron chi connectivity index (χ0n) is 11.5.